The average molecular weight is 213 g/mol. The second-order valence-electron chi connectivity index (χ2n) is 3.80. The van der Waals surface area contributed by atoms with Crippen LogP contribution in [0.15, 0.2) is 6.07 Å². The highest BCUT2D eigenvalue weighted by atomic mass is 19.1. The summed E-state index contributed by atoms with van der Waals surface area (Å²) < 4.78 is 13.8. The lowest BCUT2D eigenvalue weighted by Crippen LogP contribution is -2.19. The van der Waals surface area contributed by atoms with E-state index in [2.05, 4.69) is 23.4 Å². The molecule has 0 unspecified atom stereocenters. The van der Waals surface area contributed by atoms with Gasteiger partial charge in [0.25, 0.3) is 0 Å². The first-order valence-electron chi connectivity index (χ1n) is 5.52. The highest BCUT2D eigenvalue weighted by molar-refractivity contribution is 5.06. The molecule has 1 N–H and O–H groups in total. The fourth-order valence-corrected chi connectivity index (χ4v) is 1.57. The first-order valence-corrected chi connectivity index (χ1v) is 5.52. The maximum Gasteiger partial charge on any atom is 0.0906 e. The fraction of sp³-hybridized carbons (Fsp3) is 0.727. The molecule has 0 fully saturated rings. The quantitative estimate of drug-likeness (QED) is 0.700. The Morgan fingerprint density at radius 2 is 2.07 bits per heavy atom. The summed E-state index contributed by atoms with van der Waals surface area (Å²) in [5.74, 6) is 0. The van der Waals surface area contributed by atoms with Crippen LogP contribution >= 0.6 is 0 Å². The van der Waals surface area contributed by atoms with Gasteiger partial charge < -0.3 is 5.32 Å². The Bertz CT molecular complexity index is 283. The molecule has 0 atom stereocenters. The monoisotopic (exact) mass is 213 g/mol. The average Bonchev–Trinajstić information content (AvgIpc) is 2.51. The van der Waals surface area contributed by atoms with E-state index in [1.165, 1.54) is 5.69 Å². The van der Waals surface area contributed by atoms with E-state index in [9.17, 15) is 4.39 Å². The van der Waals surface area contributed by atoms with Gasteiger partial charge in [-0.1, -0.05) is 0 Å². The molecule has 3 nitrogen and oxygen atoms in total. The molecule has 1 aromatic rings. The van der Waals surface area contributed by atoms with E-state index < -0.39 is 0 Å². The molecule has 0 amide bonds. The zero-order valence-electron chi connectivity index (χ0n) is 9.59. The lowest BCUT2D eigenvalue weighted by molar-refractivity contribution is 0.453. The van der Waals surface area contributed by atoms with Crippen LogP contribution in [0.25, 0.3) is 0 Å². The summed E-state index contributed by atoms with van der Waals surface area (Å²) in [6, 6.07) is 2.08. The van der Waals surface area contributed by atoms with Crippen LogP contribution in [0.5, 0.6) is 0 Å². The van der Waals surface area contributed by atoms with Gasteiger partial charge in [0.2, 0.25) is 0 Å². The van der Waals surface area contributed by atoms with Crippen LogP contribution in [-0.4, -0.2) is 29.5 Å². The van der Waals surface area contributed by atoms with Crippen molar-refractivity contribution in [3.8, 4) is 0 Å². The third-order valence-corrected chi connectivity index (χ3v) is 2.31. The standard InChI is InChI=1S/C11H20FN3/c1-10-9-11(2)15(14-10)8-4-7-13-6-3-5-12/h9,13H,3-8H2,1-2H3. The molecular formula is C11H20FN3. The highest BCUT2D eigenvalue weighted by Gasteiger charge is 1.99. The van der Waals surface area contributed by atoms with Gasteiger partial charge in [-0.3, -0.25) is 9.07 Å². The maximum atomic E-state index is 11.8. The Labute approximate surface area is 90.7 Å². The van der Waals surface area contributed by atoms with Crippen LogP contribution in [0.1, 0.15) is 24.2 Å². The Morgan fingerprint density at radius 1 is 1.33 bits per heavy atom. The predicted octanol–water partition coefficient (Wildman–Crippen LogP) is 1.84. The number of nitrogens with zero attached hydrogens (tertiary/aromatic N) is 2. The van der Waals surface area contributed by atoms with Crippen LogP contribution in [0.3, 0.4) is 0 Å². The molecule has 0 saturated carbocycles. The van der Waals surface area contributed by atoms with Crippen molar-refractivity contribution in [1.82, 2.24) is 15.1 Å². The van der Waals surface area contributed by atoms with E-state index >= 15 is 0 Å². The fourth-order valence-electron chi connectivity index (χ4n) is 1.57. The SMILES string of the molecule is Cc1cc(C)n(CCCNCCCF)n1. The minimum atomic E-state index is -0.232. The van der Waals surface area contributed by atoms with Crippen molar-refractivity contribution in [1.29, 1.82) is 0 Å². The van der Waals surface area contributed by atoms with Crippen LogP contribution in [0, 0.1) is 13.8 Å². The smallest absolute Gasteiger partial charge is 0.0906 e. The van der Waals surface area contributed by atoms with Crippen molar-refractivity contribution in [2.24, 2.45) is 0 Å². The molecule has 86 valence electrons. The van der Waals surface area contributed by atoms with Crippen molar-refractivity contribution in [3.05, 3.63) is 17.5 Å². The van der Waals surface area contributed by atoms with Gasteiger partial charge in [0.05, 0.1) is 12.4 Å². The Kier molecular flexibility index (Phi) is 5.32. The summed E-state index contributed by atoms with van der Waals surface area (Å²) in [5.41, 5.74) is 2.27. The van der Waals surface area contributed by atoms with Crippen molar-refractivity contribution in [3.63, 3.8) is 0 Å². The summed E-state index contributed by atoms with van der Waals surface area (Å²) in [6.07, 6.45) is 1.65. The minimum Gasteiger partial charge on any atom is -0.317 e. The number of halogens is 1. The topological polar surface area (TPSA) is 29.9 Å². The number of nitrogens with one attached hydrogen (secondary N) is 1. The van der Waals surface area contributed by atoms with Crippen molar-refractivity contribution >= 4 is 0 Å². The number of rotatable bonds is 7. The maximum absolute atomic E-state index is 11.8. The molecule has 1 heterocycles. The van der Waals surface area contributed by atoms with Gasteiger partial charge in [-0.15, -0.1) is 0 Å². The molecule has 0 aliphatic rings. The van der Waals surface area contributed by atoms with Gasteiger partial charge in [-0.25, -0.2) is 0 Å². The number of aromatic nitrogens is 2. The summed E-state index contributed by atoms with van der Waals surface area (Å²) in [4.78, 5) is 0. The second kappa shape index (κ2) is 6.56. The molecule has 0 aliphatic heterocycles. The van der Waals surface area contributed by atoms with Crippen molar-refractivity contribution in [2.75, 3.05) is 19.8 Å². The van der Waals surface area contributed by atoms with Crippen molar-refractivity contribution in [2.45, 2.75) is 33.2 Å². The molecule has 0 aromatic carbocycles. The zero-order chi connectivity index (χ0) is 11.1. The van der Waals surface area contributed by atoms with E-state index in [4.69, 9.17) is 0 Å². The van der Waals surface area contributed by atoms with E-state index in [0.29, 0.717) is 6.42 Å². The molecular weight excluding hydrogens is 193 g/mol. The summed E-state index contributed by atoms with van der Waals surface area (Å²) >= 11 is 0. The number of hydrogen-bond donors (Lipinski definition) is 1. The van der Waals surface area contributed by atoms with Gasteiger partial charge >= 0.3 is 0 Å². The van der Waals surface area contributed by atoms with E-state index in [-0.39, 0.29) is 6.67 Å². The summed E-state index contributed by atoms with van der Waals surface area (Å²) in [6.45, 7) is 6.47. The number of alkyl halides is 1. The summed E-state index contributed by atoms with van der Waals surface area (Å²) in [7, 11) is 0. The van der Waals surface area contributed by atoms with Gasteiger partial charge in [-0.2, -0.15) is 5.10 Å². The molecule has 1 aromatic heterocycles. The molecule has 15 heavy (non-hydrogen) atoms. The van der Waals surface area contributed by atoms with Gasteiger partial charge in [0.1, 0.15) is 0 Å². The predicted molar refractivity (Wildman–Crippen MR) is 59.8 cm³/mol. The molecule has 0 bridgehead atoms. The molecule has 0 radical (unpaired) electrons. The molecule has 0 saturated heterocycles. The largest absolute Gasteiger partial charge is 0.317 e. The lowest BCUT2D eigenvalue weighted by atomic mass is 10.3. The van der Waals surface area contributed by atoms with Crippen LogP contribution in [0.4, 0.5) is 4.39 Å². The van der Waals surface area contributed by atoms with E-state index in [0.717, 1.165) is 31.7 Å². The Balaban J connectivity index is 2.12. The van der Waals surface area contributed by atoms with Crippen LogP contribution < -0.4 is 5.32 Å². The lowest BCUT2D eigenvalue weighted by Gasteiger charge is -2.05. The zero-order valence-corrected chi connectivity index (χ0v) is 9.59. The summed E-state index contributed by atoms with van der Waals surface area (Å²) in [5, 5.41) is 7.57. The Hall–Kier alpha value is -0.900. The first kappa shape index (κ1) is 12.2. The number of aryl methyl sites for hydroxylation is 3. The number of hydrogen-bond acceptors (Lipinski definition) is 2. The van der Waals surface area contributed by atoms with E-state index in [1.54, 1.807) is 0 Å². The molecule has 0 spiro atoms. The van der Waals surface area contributed by atoms with Crippen LogP contribution in [-0.2, 0) is 6.54 Å². The van der Waals surface area contributed by atoms with Gasteiger partial charge in [0, 0.05) is 12.2 Å². The third kappa shape index (κ3) is 4.42. The Morgan fingerprint density at radius 3 is 2.67 bits per heavy atom. The minimum absolute atomic E-state index is 0.232. The normalized spacial score (nSPS) is 10.9. The van der Waals surface area contributed by atoms with E-state index in [1.807, 2.05) is 11.6 Å². The molecule has 0 aliphatic carbocycles. The van der Waals surface area contributed by atoms with Gasteiger partial charge in [0.15, 0.2) is 0 Å². The van der Waals surface area contributed by atoms with Gasteiger partial charge in [-0.05, 0) is 45.8 Å². The molecule has 4 heteroatoms. The van der Waals surface area contributed by atoms with Crippen LogP contribution in [0.2, 0.25) is 0 Å². The highest BCUT2D eigenvalue weighted by Crippen LogP contribution is 2.01. The third-order valence-electron chi connectivity index (χ3n) is 2.31. The molecule has 1 rings (SSSR count). The first-order chi connectivity index (χ1) is 7.24. The second-order valence-corrected chi connectivity index (χ2v) is 3.80. The van der Waals surface area contributed by atoms with Crippen molar-refractivity contribution < 1.29 is 4.39 Å².